The molecule has 0 aromatic rings. The van der Waals surface area contributed by atoms with E-state index in [1.807, 2.05) is 33.8 Å². The molecular formula is C26H32O9. The van der Waals surface area contributed by atoms with Gasteiger partial charge in [-0.2, -0.15) is 0 Å². The Balaban J connectivity index is 1.72. The average molecular weight is 489 g/mol. The number of ether oxygens (including phenoxy) is 5. The zero-order valence-electron chi connectivity index (χ0n) is 21.0. The van der Waals surface area contributed by atoms with E-state index >= 15 is 0 Å². The number of hydrogen-bond donors (Lipinski definition) is 1. The van der Waals surface area contributed by atoms with E-state index in [1.54, 1.807) is 13.8 Å². The van der Waals surface area contributed by atoms with Crippen molar-refractivity contribution in [2.24, 2.45) is 34.0 Å². The van der Waals surface area contributed by atoms with Crippen LogP contribution in [0.3, 0.4) is 0 Å². The summed E-state index contributed by atoms with van der Waals surface area (Å²) in [7, 11) is 1.28. The first-order chi connectivity index (χ1) is 16.2. The van der Waals surface area contributed by atoms with Gasteiger partial charge in [0.15, 0.2) is 0 Å². The molecule has 4 fully saturated rings. The Hall–Kier alpha value is -2.23. The SMILES string of the molecule is COC(=O)[C@]12[C@@H]3[C@H]4OC(=O)[C@]3(C)C[C@H]3[C@@H](C)C5=CC(=O)OC(C)(C)C5=C[C@@H](O[C@]1(O)[C@H](C)O4)[C@@]32C. The smallest absolute Gasteiger partial charge is 0.331 e. The van der Waals surface area contributed by atoms with Crippen LogP contribution in [0.2, 0.25) is 0 Å². The minimum atomic E-state index is -2.08. The van der Waals surface area contributed by atoms with E-state index in [9.17, 15) is 19.5 Å². The summed E-state index contributed by atoms with van der Waals surface area (Å²) in [6.45, 7) is 11.0. The number of carbonyl (C=O) groups excluding carboxylic acids is 3. The minimum absolute atomic E-state index is 0.265. The first kappa shape index (κ1) is 23.2. The fraction of sp³-hybridized carbons (Fsp3) is 0.731. The molecule has 1 saturated carbocycles. The molecule has 0 aromatic heterocycles. The van der Waals surface area contributed by atoms with Crippen molar-refractivity contribution in [2.45, 2.75) is 77.8 Å². The molecule has 3 saturated heterocycles. The second-order valence-electron chi connectivity index (χ2n) is 12.0. The number of aliphatic hydroxyl groups is 1. The molecule has 9 nitrogen and oxygen atoms in total. The second-order valence-corrected chi connectivity index (χ2v) is 12.0. The van der Waals surface area contributed by atoms with Crippen molar-refractivity contribution in [3.8, 4) is 0 Å². The van der Waals surface area contributed by atoms with Crippen LogP contribution in [-0.2, 0) is 38.1 Å². The molecule has 190 valence electrons. The fourth-order valence-electron chi connectivity index (χ4n) is 8.68. The van der Waals surface area contributed by atoms with E-state index in [0.29, 0.717) is 6.42 Å². The van der Waals surface area contributed by atoms with E-state index in [4.69, 9.17) is 23.7 Å². The summed E-state index contributed by atoms with van der Waals surface area (Å²) in [6, 6.07) is 0. The van der Waals surface area contributed by atoms with Gasteiger partial charge in [0.1, 0.15) is 17.1 Å². The highest BCUT2D eigenvalue weighted by atomic mass is 16.7. The van der Waals surface area contributed by atoms with Gasteiger partial charge in [-0.25, -0.2) is 4.79 Å². The molecule has 0 radical (unpaired) electrons. The zero-order valence-corrected chi connectivity index (χ0v) is 21.0. The number of hydrogen-bond acceptors (Lipinski definition) is 9. The maximum atomic E-state index is 14.1. The highest BCUT2D eigenvalue weighted by Crippen LogP contribution is 2.79. The fourth-order valence-corrected chi connectivity index (χ4v) is 8.68. The molecule has 0 bridgehead atoms. The Kier molecular flexibility index (Phi) is 4.21. The molecule has 0 amide bonds. The maximum absolute atomic E-state index is 14.1. The second kappa shape index (κ2) is 6.36. The van der Waals surface area contributed by atoms with Gasteiger partial charge >= 0.3 is 17.9 Å². The molecular weight excluding hydrogens is 456 g/mol. The molecule has 4 heterocycles. The first-order valence-corrected chi connectivity index (χ1v) is 12.2. The van der Waals surface area contributed by atoms with Gasteiger partial charge in [-0.3, -0.25) is 9.59 Å². The molecule has 0 aromatic carbocycles. The molecule has 35 heavy (non-hydrogen) atoms. The normalized spacial score (nSPS) is 52.8. The molecule has 6 aliphatic rings. The minimum Gasteiger partial charge on any atom is -0.468 e. The first-order valence-electron chi connectivity index (χ1n) is 12.2. The van der Waals surface area contributed by atoms with Crippen LogP contribution in [0, 0.1) is 34.0 Å². The van der Waals surface area contributed by atoms with Crippen LogP contribution in [0.25, 0.3) is 0 Å². The Morgan fingerprint density at radius 1 is 1.17 bits per heavy atom. The Morgan fingerprint density at radius 2 is 1.86 bits per heavy atom. The van der Waals surface area contributed by atoms with E-state index in [0.717, 1.165) is 11.1 Å². The number of rotatable bonds is 1. The standard InChI is InChI=1S/C26H32O9/c1-11-13-8-17(27)35-22(3,4)14(13)9-16-24(6)15(11)10-23(5)18-19(33-20(23)28)32-12(2)26(30,34-16)25(18,24)21(29)31-7/h8-9,11-12,15-16,18-19,30H,10H2,1-7H3/t11-,12-,15-,16+,18+,19+,23+,24+,25-,26+/m0/s1. The van der Waals surface area contributed by atoms with Crippen LogP contribution in [0.15, 0.2) is 23.3 Å². The van der Waals surface area contributed by atoms with Gasteiger partial charge in [-0.05, 0) is 63.2 Å². The van der Waals surface area contributed by atoms with Gasteiger partial charge in [0.05, 0.1) is 24.5 Å². The third-order valence-electron chi connectivity index (χ3n) is 10.2. The number of esters is 3. The van der Waals surface area contributed by atoms with Crippen LogP contribution in [0.5, 0.6) is 0 Å². The van der Waals surface area contributed by atoms with Crippen molar-refractivity contribution >= 4 is 17.9 Å². The van der Waals surface area contributed by atoms with Crippen LogP contribution < -0.4 is 0 Å². The van der Waals surface area contributed by atoms with Crippen molar-refractivity contribution in [1.29, 1.82) is 0 Å². The van der Waals surface area contributed by atoms with Gasteiger partial charge in [0.2, 0.25) is 12.1 Å². The monoisotopic (exact) mass is 488 g/mol. The topological polar surface area (TPSA) is 118 Å². The highest BCUT2D eigenvalue weighted by molar-refractivity contribution is 5.89. The summed E-state index contributed by atoms with van der Waals surface area (Å²) in [6.07, 6.45) is 1.00. The summed E-state index contributed by atoms with van der Waals surface area (Å²) in [5.74, 6) is -5.08. The average Bonchev–Trinajstić information content (AvgIpc) is 3.10. The summed E-state index contributed by atoms with van der Waals surface area (Å²) in [4.78, 5) is 40.0. The summed E-state index contributed by atoms with van der Waals surface area (Å²) in [5.41, 5.74) is -3.20. The predicted molar refractivity (Wildman–Crippen MR) is 118 cm³/mol. The lowest BCUT2D eigenvalue weighted by Gasteiger charge is -2.63. The third kappa shape index (κ3) is 2.21. The number of fused-ring (bicyclic) bond motifs is 1. The van der Waals surface area contributed by atoms with Crippen LogP contribution in [0.4, 0.5) is 0 Å². The quantitative estimate of drug-likeness (QED) is 0.437. The molecule has 0 spiro atoms. The van der Waals surface area contributed by atoms with E-state index in [1.165, 1.54) is 13.2 Å². The van der Waals surface area contributed by atoms with Crippen molar-refractivity contribution in [2.75, 3.05) is 7.11 Å². The van der Waals surface area contributed by atoms with E-state index < -0.39 is 70.0 Å². The van der Waals surface area contributed by atoms with Gasteiger partial charge in [0, 0.05) is 11.5 Å². The summed E-state index contributed by atoms with van der Waals surface area (Å²) in [5, 5.41) is 12.3. The maximum Gasteiger partial charge on any atom is 0.331 e. The molecule has 9 heteroatoms. The summed E-state index contributed by atoms with van der Waals surface area (Å²) >= 11 is 0. The Morgan fingerprint density at radius 3 is 2.51 bits per heavy atom. The predicted octanol–water partition coefficient (Wildman–Crippen LogP) is 2.02. The van der Waals surface area contributed by atoms with Gasteiger partial charge in [-0.1, -0.05) is 13.8 Å². The van der Waals surface area contributed by atoms with Gasteiger partial charge < -0.3 is 28.8 Å². The van der Waals surface area contributed by atoms with Crippen molar-refractivity contribution in [1.82, 2.24) is 0 Å². The molecule has 4 aliphatic heterocycles. The largest absolute Gasteiger partial charge is 0.468 e. The third-order valence-corrected chi connectivity index (χ3v) is 10.2. The van der Waals surface area contributed by atoms with Crippen LogP contribution >= 0.6 is 0 Å². The van der Waals surface area contributed by atoms with E-state index in [-0.39, 0.29) is 11.8 Å². The molecule has 6 rings (SSSR count). The molecule has 10 atom stereocenters. The lowest BCUT2D eigenvalue weighted by atomic mass is 9.38. The van der Waals surface area contributed by atoms with Crippen molar-refractivity contribution in [3.63, 3.8) is 0 Å². The van der Waals surface area contributed by atoms with Crippen molar-refractivity contribution < 1.29 is 43.2 Å². The van der Waals surface area contributed by atoms with Crippen LogP contribution in [-0.4, -0.2) is 60.0 Å². The molecule has 0 unspecified atom stereocenters. The number of cyclic esters (lactones) is 1. The lowest BCUT2D eigenvalue weighted by molar-refractivity contribution is -0.376. The molecule has 1 N–H and O–H groups in total. The van der Waals surface area contributed by atoms with Crippen LogP contribution in [0.1, 0.15) is 48.0 Å². The van der Waals surface area contributed by atoms with Gasteiger partial charge in [-0.15, -0.1) is 0 Å². The Labute approximate surface area is 203 Å². The summed E-state index contributed by atoms with van der Waals surface area (Å²) < 4.78 is 29.3. The zero-order chi connectivity index (χ0) is 25.5. The van der Waals surface area contributed by atoms with Crippen molar-refractivity contribution in [3.05, 3.63) is 23.3 Å². The highest BCUT2D eigenvalue weighted by Gasteiger charge is 2.90. The number of methoxy groups -OCH3 is 1. The lowest BCUT2D eigenvalue weighted by Crippen LogP contribution is -2.76. The Bertz CT molecular complexity index is 1140. The number of carbonyl (C=O) groups is 3. The van der Waals surface area contributed by atoms with E-state index in [2.05, 4.69) is 0 Å². The van der Waals surface area contributed by atoms with Gasteiger partial charge in [0.25, 0.3) is 0 Å². The molecule has 2 aliphatic carbocycles.